The molecule has 1 aromatic rings. The third-order valence-corrected chi connectivity index (χ3v) is 4.38. The monoisotopic (exact) mass is 425 g/mol. The Morgan fingerprint density at radius 1 is 1.43 bits per heavy atom. The number of aryl methyl sites for hydroxylation is 2. The molecule has 0 radical (unpaired) electrons. The Balaban J connectivity index is 0.00000220. The summed E-state index contributed by atoms with van der Waals surface area (Å²) in [5, 5.41) is 4.46. The van der Waals surface area contributed by atoms with Crippen LogP contribution in [-0.4, -0.2) is 52.3 Å². The van der Waals surface area contributed by atoms with Gasteiger partial charge in [-0.05, 0) is 6.42 Å². The molecule has 0 aromatic carbocycles. The molecule has 0 bridgehead atoms. The van der Waals surface area contributed by atoms with Gasteiger partial charge in [0.15, 0.2) is 5.96 Å². The van der Waals surface area contributed by atoms with Gasteiger partial charge in [-0.1, -0.05) is 6.92 Å². The lowest BCUT2D eigenvalue weighted by Crippen LogP contribution is -2.42. The van der Waals surface area contributed by atoms with Crippen molar-refractivity contribution in [1.29, 1.82) is 0 Å². The lowest BCUT2D eigenvalue weighted by atomic mass is 10.2. The molecule has 1 saturated heterocycles. The fourth-order valence-corrected chi connectivity index (χ4v) is 3.26. The number of ether oxygens (including phenoxy) is 1. The van der Waals surface area contributed by atoms with Crippen molar-refractivity contribution in [3.05, 3.63) is 11.3 Å². The molecule has 2 heterocycles. The highest BCUT2D eigenvalue weighted by molar-refractivity contribution is 14.0. The predicted molar refractivity (Wildman–Crippen MR) is 98.8 cm³/mol. The van der Waals surface area contributed by atoms with Crippen molar-refractivity contribution in [2.45, 2.75) is 19.9 Å². The molecule has 1 aliphatic heterocycles. The van der Waals surface area contributed by atoms with E-state index in [1.165, 1.54) is 0 Å². The molecule has 1 aliphatic rings. The summed E-state index contributed by atoms with van der Waals surface area (Å²) in [4.78, 5) is 6.67. The van der Waals surface area contributed by atoms with Crippen LogP contribution < -0.4 is 10.5 Å². The Labute approximate surface area is 147 Å². The molecule has 0 atom stereocenters. The van der Waals surface area contributed by atoms with Crippen molar-refractivity contribution >= 4 is 41.7 Å². The Bertz CT molecular complexity index is 485. The molecule has 0 aliphatic carbocycles. The van der Waals surface area contributed by atoms with E-state index < -0.39 is 0 Å². The predicted octanol–water partition coefficient (Wildman–Crippen LogP) is 1.47. The van der Waals surface area contributed by atoms with E-state index in [-0.39, 0.29) is 24.0 Å². The molecule has 0 saturated carbocycles. The summed E-state index contributed by atoms with van der Waals surface area (Å²) < 4.78 is 7.17. The van der Waals surface area contributed by atoms with Crippen LogP contribution in [-0.2, 0) is 20.0 Å². The van der Waals surface area contributed by atoms with E-state index in [9.17, 15) is 0 Å². The minimum absolute atomic E-state index is 0. The van der Waals surface area contributed by atoms with Crippen LogP contribution in [0.15, 0.2) is 4.99 Å². The van der Waals surface area contributed by atoms with E-state index in [1.54, 1.807) is 11.8 Å². The number of nitrogens with zero attached hydrogens (tertiary/aromatic N) is 4. The van der Waals surface area contributed by atoms with Gasteiger partial charge in [0.2, 0.25) is 5.88 Å². The fourth-order valence-electron chi connectivity index (χ4n) is 2.36. The molecule has 6 nitrogen and oxygen atoms in total. The molecule has 8 heteroatoms. The number of nitrogens with two attached hydrogens (primary N) is 1. The Kier molecular flexibility index (Phi) is 7.64. The van der Waals surface area contributed by atoms with Crippen LogP contribution >= 0.6 is 35.7 Å². The summed E-state index contributed by atoms with van der Waals surface area (Å²) in [6.07, 6.45) is 0.863. The Hall–Kier alpha value is -0.640. The van der Waals surface area contributed by atoms with Gasteiger partial charge in [-0.15, -0.1) is 24.0 Å². The molecule has 21 heavy (non-hydrogen) atoms. The molecule has 1 fully saturated rings. The molecule has 2 N–H and O–H groups in total. The Morgan fingerprint density at radius 2 is 2.10 bits per heavy atom. The maximum atomic E-state index is 6.08. The highest BCUT2D eigenvalue weighted by Crippen LogP contribution is 2.23. The number of halogens is 1. The SMILES string of the molecule is CCc1nn(C)c(OC)c1CN=C(N)N1CCSCC1.I. The third kappa shape index (κ3) is 4.41. The number of hydrogen-bond donors (Lipinski definition) is 1. The minimum Gasteiger partial charge on any atom is -0.481 e. The molecule has 0 amide bonds. The molecule has 0 spiro atoms. The zero-order valence-electron chi connectivity index (χ0n) is 12.8. The van der Waals surface area contributed by atoms with Crippen LogP contribution in [0.5, 0.6) is 5.88 Å². The van der Waals surface area contributed by atoms with Crippen molar-refractivity contribution < 1.29 is 4.74 Å². The van der Waals surface area contributed by atoms with E-state index in [0.29, 0.717) is 12.5 Å². The zero-order chi connectivity index (χ0) is 14.5. The van der Waals surface area contributed by atoms with E-state index >= 15 is 0 Å². The lowest BCUT2D eigenvalue weighted by Gasteiger charge is -2.27. The summed E-state index contributed by atoms with van der Waals surface area (Å²) >= 11 is 1.96. The summed E-state index contributed by atoms with van der Waals surface area (Å²) in [5.41, 5.74) is 8.14. The second kappa shape index (κ2) is 8.72. The van der Waals surface area contributed by atoms with Crippen molar-refractivity contribution in [1.82, 2.24) is 14.7 Å². The number of hydrogen-bond acceptors (Lipinski definition) is 4. The highest BCUT2D eigenvalue weighted by Gasteiger charge is 2.16. The smallest absolute Gasteiger partial charge is 0.216 e. The van der Waals surface area contributed by atoms with Crippen LogP contribution in [0.25, 0.3) is 0 Å². The number of aromatic nitrogens is 2. The standard InChI is InChI=1S/C13H23N5OS.HI/c1-4-11-10(12(19-3)17(2)16-11)9-15-13(14)18-5-7-20-8-6-18;/h4-9H2,1-3H3,(H2,14,15);1H. The van der Waals surface area contributed by atoms with Gasteiger partial charge in [0.1, 0.15) is 0 Å². The quantitative estimate of drug-likeness (QED) is 0.450. The molecular formula is C13H24IN5OS. The first-order valence-corrected chi connectivity index (χ1v) is 8.04. The number of rotatable bonds is 4. The van der Waals surface area contributed by atoms with Gasteiger partial charge in [-0.3, -0.25) is 0 Å². The second-order valence-electron chi connectivity index (χ2n) is 4.69. The average Bonchev–Trinajstić information content (AvgIpc) is 2.80. The highest BCUT2D eigenvalue weighted by atomic mass is 127. The van der Waals surface area contributed by atoms with Crippen LogP contribution in [0.4, 0.5) is 0 Å². The van der Waals surface area contributed by atoms with Gasteiger partial charge in [0.25, 0.3) is 0 Å². The van der Waals surface area contributed by atoms with E-state index in [1.807, 2.05) is 18.8 Å². The second-order valence-corrected chi connectivity index (χ2v) is 5.91. The molecule has 120 valence electrons. The molecular weight excluding hydrogens is 401 g/mol. The van der Waals surface area contributed by atoms with E-state index in [2.05, 4.69) is 21.9 Å². The maximum Gasteiger partial charge on any atom is 0.216 e. The van der Waals surface area contributed by atoms with Crippen molar-refractivity contribution in [3.8, 4) is 5.88 Å². The number of thioether (sulfide) groups is 1. The summed E-state index contributed by atoms with van der Waals surface area (Å²) in [6.45, 7) is 4.56. The summed E-state index contributed by atoms with van der Waals surface area (Å²) in [6, 6.07) is 0. The topological polar surface area (TPSA) is 68.7 Å². The van der Waals surface area contributed by atoms with Crippen LogP contribution in [0.1, 0.15) is 18.2 Å². The Morgan fingerprint density at radius 3 is 2.67 bits per heavy atom. The largest absolute Gasteiger partial charge is 0.481 e. The normalized spacial score (nSPS) is 15.8. The van der Waals surface area contributed by atoms with E-state index in [4.69, 9.17) is 10.5 Å². The van der Waals surface area contributed by atoms with Crippen LogP contribution in [0.2, 0.25) is 0 Å². The van der Waals surface area contributed by atoms with Crippen LogP contribution in [0.3, 0.4) is 0 Å². The van der Waals surface area contributed by atoms with Crippen molar-refractivity contribution in [2.24, 2.45) is 17.8 Å². The molecule has 2 rings (SSSR count). The first-order chi connectivity index (χ1) is 9.67. The minimum atomic E-state index is 0. The van der Waals surface area contributed by atoms with Crippen LogP contribution in [0, 0.1) is 0 Å². The number of guanidine groups is 1. The van der Waals surface area contributed by atoms with Gasteiger partial charge >= 0.3 is 0 Å². The van der Waals surface area contributed by atoms with Gasteiger partial charge in [0, 0.05) is 31.6 Å². The molecule has 1 aromatic heterocycles. The summed E-state index contributed by atoms with van der Waals surface area (Å²) in [5.74, 6) is 3.63. The van der Waals surface area contributed by atoms with Gasteiger partial charge in [-0.2, -0.15) is 16.9 Å². The molecule has 0 unspecified atom stereocenters. The fraction of sp³-hybridized carbons (Fsp3) is 0.692. The zero-order valence-corrected chi connectivity index (χ0v) is 16.0. The first-order valence-electron chi connectivity index (χ1n) is 6.88. The van der Waals surface area contributed by atoms with Gasteiger partial charge < -0.3 is 15.4 Å². The summed E-state index contributed by atoms with van der Waals surface area (Å²) in [7, 11) is 3.55. The van der Waals surface area contributed by atoms with Gasteiger partial charge in [-0.25, -0.2) is 9.67 Å². The maximum absolute atomic E-state index is 6.08. The van der Waals surface area contributed by atoms with Crippen molar-refractivity contribution in [3.63, 3.8) is 0 Å². The van der Waals surface area contributed by atoms with Crippen molar-refractivity contribution in [2.75, 3.05) is 31.7 Å². The van der Waals surface area contributed by atoms with E-state index in [0.717, 1.165) is 48.2 Å². The lowest BCUT2D eigenvalue weighted by molar-refractivity contribution is 0.369. The van der Waals surface area contributed by atoms with Gasteiger partial charge in [0.05, 0.1) is 24.9 Å². The number of aliphatic imine (C=N–C) groups is 1. The number of methoxy groups -OCH3 is 1. The first kappa shape index (κ1) is 18.4. The average molecular weight is 425 g/mol. The third-order valence-electron chi connectivity index (χ3n) is 3.43.